The second-order valence-corrected chi connectivity index (χ2v) is 4.31. The molecule has 2 aromatic heterocycles. The minimum atomic E-state index is -0.508. The number of benzene rings is 1. The van der Waals surface area contributed by atoms with Crippen LogP contribution in [0.25, 0.3) is 11.0 Å². The van der Waals surface area contributed by atoms with E-state index < -0.39 is 5.91 Å². The second kappa shape index (κ2) is 5.22. The molecule has 0 unspecified atom stereocenters. The van der Waals surface area contributed by atoms with Crippen molar-refractivity contribution in [1.29, 1.82) is 0 Å². The van der Waals surface area contributed by atoms with Gasteiger partial charge in [-0.15, -0.1) is 0 Å². The predicted octanol–water partition coefficient (Wildman–Crippen LogP) is 1.49. The summed E-state index contributed by atoms with van der Waals surface area (Å²) in [5, 5.41) is 0.921. The van der Waals surface area contributed by atoms with Gasteiger partial charge in [0.15, 0.2) is 5.69 Å². The lowest BCUT2D eigenvalue weighted by Crippen LogP contribution is -2.39. The van der Waals surface area contributed by atoms with Crippen molar-refractivity contribution in [2.75, 3.05) is 12.1 Å². The van der Waals surface area contributed by atoms with E-state index in [-0.39, 0.29) is 11.6 Å². The number of anilines is 1. The van der Waals surface area contributed by atoms with Crippen molar-refractivity contribution in [3.63, 3.8) is 0 Å². The van der Waals surface area contributed by atoms with Gasteiger partial charge in [-0.1, -0.05) is 12.1 Å². The highest BCUT2D eigenvalue weighted by Gasteiger charge is 2.22. The van der Waals surface area contributed by atoms with Crippen molar-refractivity contribution < 1.29 is 9.53 Å². The van der Waals surface area contributed by atoms with Crippen molar-refractivity contribution in [3.05, 3.63) is 48.3 Å². The van der Waals surface area contributed by atoms with Gasteiger partial charge in [-0.25, -0.2) is 20.8 Å². The van der Waals surface area contributed by atoms with Gasteiger partial charge in [0.25, 0.3) is 5.91 Å². The zero-order valence-electron chi connectivity index (χ0n) is 11.3. The lowest BCUT2D eigenvalue weighted by molar-refractivity contribution is 0.0977. The molecular weight excluding hydrogens is 270 g/mol. The Morgan fingerprint density at radius 3 is 2.86 bits per heavy atom. The SMILES string of the molecule is COc1cccnc1C(=O)N(N)c1nc2ccccc2[nH]1. The summed E-state index contributed by atoms with van der Waals surface area (Å²) in [5.41, 5.74) is 1.65. The first kappa shape index (κ1) is 13.1. The van der Waals surface area contributed by atoms with Gasteiger partial charge in [0.1, 0.15) is 5.75 Å². The fourth-order valence-corrected chi connectivity index (χ4v) is 1.98. The molecule has 21 heavy (non-hydrogen) atoms. The van der Waals surface area contributed by atoms with Crippen LogP contribution in [0, 0.1) is 0 Å². The number of fused-ring (bicyclic) bond motifs is 1. The Morgan fingerprint density at radius 2 is 2.10 bits per heavy atom. The molecule has 0 aliphatic carbocycles. The van der Waals surface area contributed by atoms with Gasteiger partial charge in [-0.2, -0.15) is 0 Å². The third kappa shape index (κ3) is 2.30. The summed E-state index contributed by atoms with van der Waals surface area (Å²) in [6.45, 7) is 0. The number of carbonyl (C=O) groups excluding carboxylic acids is 1. The second-order valence-electron chi connectivity index (χ2n) is 4.31. The minimum Gasteiger partial charge on any atom is -0.494 e. The van der Waals surface area contributed by atoms with Crippen molar-refractivity contribution in [3.8, 4) is 5.75 Å². The van der Waals surface area contributed by atoms with Crippen molar-refractivity contribution >= 4 is 22.9 Å². The van der Waals surface area contributed by atoms with Crippen LogP contribution in [0.5, 0.6) is 5.75 Å². The van der Waals surface area contributed by atoms with E-state index >= 15 is 0 Å². The van der Waals surface area contributed by atoms with Gasteiger partial charge in [-0.05, 0) is 24.3 Å². The lowest BCUT2D eigenvalue weighted by Gasteiger charge is -2.14. The number of methoxy groups -OCH3 is 1. The molecule has 0 radical (unpaired) electrons. The van der Waals surface area contributed by atoms with Crippen LogP contribution in [0.2, 0.25) is 0 Å². The molecule has 7 nitrogen and oxygen atoms in total. The summed E-state index contributed by atoms with van der Waals surface area (Å²) < 4.78 is 5.12. The van der Waals surface area contributed by atoms with Crippen LogP contribution in [0.1, 0.15) is 10.5 Å². The number of carbonyl (C=O) groups is 1. The number of hydrogen-bond acceptors (Lipinski definition) is 5. The number of H-pyrrole nitrogens is 1. The van der Waals surface area contributed by atoms with Crippen LogP contribution in [-0.4, -0.2) is 28.0 Å². The van der Waals surface area contributed by atoms with Crippen LogP contribution in [0.15, 0.2) is 42.6 Å². The zero-order valence-corrected chi connectivity index (χ0v) is 11.3. The summed E-state index contributed by atoms with van der Waals surface area (Å²) in [4.78, 5) is 23.7. The van der Waals surface area contributed by atoms with E-state index in [2.05, 4.69) is 15.0 Å². The molecule has 3 aromatic rings. The number of nitrogens with two attached hydrogens (primary N) is 1. The number of amides is 1. The quantitative estimate of drug-likeness (QED) is 0.431. The molecule has 0 aliphatic rings. The molecule has 3 N–H and O–H groups in total. The molecule has 7 heteroatoms. The largest absolute Gasteiger partial charge is 0.494 e. The van der Waals surface area contributed by atoms with Gasteiger partial charge < -0.3 is 9.72 Å². The fourth-order valence-electron chi connectivity index (χ4n) is 1.98. The molecule has 106 valence electrons. The van der Waals surface area contributed by atoms with E-state index in [4.69, 9.17) is 10.6 Å². The Kier molecular flexibility index (Phi) is 3.25. The molecule has 0 bridgehead atoms. The van der Waals surface area contributed by atoms with E-state index in [0.29, 0.717) is 5.75 Å². The van der Waals surface area contributed by atoms with Gasteiger partial charge in [-0.3, -0.25) is 4.79 Å². The fraction of sp³-hybridized carbons (Fsp3) is 0.0714. The zero-order chi connectivity index (χ0) is 14.8. The molecule has 0 aliphatic heterocycles. The molecule has 0 saturated carbocycles. The summed E-state index contributed by atoms with van der Waals surface area (Å²) >= 11 is 0. The summed E-state index contributed by atoms with van der Waals surface area (Å²) in [7, 11) is 1.47. The number of hydrazine groups is 1. The topological polar surface area (TPSA) is 97.1 Å². The Hall–Kier alpha value is -2.93. The minimum absolute atomic E-state index is 0.128. The average molecular weight is 283 g/mol. The Labute approximate surface area is 120 Å². The number of aromatic nitrogens is 3. The first-order chi connectivity index (χ1) is 10.2. The van der Waals surface area contributed by atoms with Crippen molar-refractivity contribution in [1.82, 2.24) is 15.0 Å². The molecule has 0 spiro atoms. The molecule has 3 rings (SSSR count). The van der Waals surface area contributed by atoms with E-state index in [9.17, 15) is 4.79 Å². The maximum atomic E-state index is 12.4. The molecular formula is C14H13N5O2. The van der Waals surface area contributed by atoms with Crippen molar-refractivity contribution in [2.45, 2.75) is 0 Å². The summed E-state index contributed by atoms with van der Waals surface area (Å²) in [5.74, 6) is 5.94. The van der Waals surface area contributed by atoms with Gasteiger partial charge in [0, 0.05) is 6.20 Å². The van der Waals surface area contributed by atoms with Crippen LogP contribution < -0.4 is 15.6 Å². The number of aromatic amines is 1. The highest BCUT2D eigenvalue weighted by molar-refractivity contribution is 6.05. The number of para-hydroxylation sites is 2. The first-order valence-corrected chi connectivity index (χ1v) is 6.23. The van der Waals surface area contributed by atoms with Crippen LogP contribution in [0.4, 0.5) is 5.95 Å². The maximum Gasteiger partial charge on any atom is 0.297 e. The Balaban J connectivity index is 1.97. The standard InChI is InChI=1S/C14H13N5O2/c1-21-11-7-4-8-16-12(11)13(20)19(15)14-17-9-5-2-3-6-10(9)18-14/h2-8H,15H2,1H3,(H,17,18). The number of imidazole rings is 1. The van der Waals surface area contributed by atoms with Crippen LogP contribution >= 0.6 is 0 Å². The number of pyridine rings is 1. The third-order valence-electron chi connectivity index (χ3n) is 3.02. The third-order valence-corrected chi connectivity index (χ3v) is 3.02. The van der Waals surface area contributed by atoms with E-state index in [0.717, 1.165) is 16.0 Å². The highest BCUT2D eigenvalue weighted by Crippen LogP contribution is 2.20. The number of rotatable bonds is 3. The number of nitrogens with zero attached hydrogens (tertiary/aromatic N) is 3. The molecule has 0 atom stereocenters. The summed E-state index contributed by atoms with van der Waals surface area (Å²) in [6, 6.07) is 10.7. The van der Waals surface area contributed by atoms with Gasteiger partial charge in [0.2, 0.25) is 5.95 Å². The van der Waals surface area contributed by atoms with Crippen molar-refractivity contribution in [2.24, 2.45) is 5.84 Å². The number of ether oxygens (including phenoxy) is 1. The Bertz CT molecular complexity index is 766. The average Bonchev–Trinajstić information content (AvgIpc) is 2.97. The normalized spacial score (nSPS) is 10.6. The van der Waals surface area contributed by atoms with Crippen LogP contribution in [-0.2, 0) is 0 Å². The highest BCUT2D eigenvalue weighted by atomic mass is 16.5. The first-order valence-electron chi connectivity index (χ1n) is 6.23. The van der Waals surface area contributed by atoms with E-state index in [1.165, 1.54) is 13.3 Å². The lowest BCUT2D eigenvalue weighted by atomic mass is 10.3. The van der Waals surface area contributed by atoms with Crippen LogP contribution in [0.3, 0.4) is 0 Å². The number of hydrogen-bond donors (Lipinski definition) is 2. The molecule has 0 fully saturated rings. The monoisotopic (exact) mass is 283 g/mol. The van der Waals surface area contributed by atoms with Gasteiger partial charge in [0.05, 0.1) is 18.1 Å². The van der Waals surface area contributed by atoms with Gasteiger partial charge >= 0.3 is 0 Å². The molecule has 1 amide bonds. The maximum absolute atomic E-state index is 12.4. The molecule has 1 aromatic carbocycles. The molecule has 0 saturated heterocycles. The van der Waals surface area contributed by atoms with E-state index in [1.807, 2.05) is 24.3 Å². The predicted molar refractivity (Wildman–Crippen MR) is 77.9 cm³/mol. The van der Waals surface area contributed by atoms with E-state index in [1.54, 1.807) is 12.1 Å². The molecule has 2 heterocycles. The smallest absolute Gasteiger partial charge is 0.297 e. The summed E-state index contributed by atoms with van der Waals surface area (Å²) in [6.07, 6.45) is 1.50. The Morgan fingerprint density at radius 1 is 1.29 bits per heavy atom. The number of nitrogens with one attached hydrogen (secondary N) is 1.